The molecule has 1 aliphatic heterocycles. The van der Waals surface area contributed by atoms with Crippen molar-refractivity contribution in [3.8, 4) is 0 Å². The van der Waals surface area contributed by atoms with E-state index in [1.165, 1.54) is 31.5 Å². The van der Waals surface area contributed by atoms with Gasteiger partial charge in [-0.3, -0.25) is 4.90 Å². The van der Waals surface area contributed by atoms with Gasteiger partial charge in [0.2, 0.25) is 0 Å². The van der Waals surface area contributed by atoms with Crippen molar-refractivity contribution in [3.05, 3.63) is 35.9 Å². The quantitative estimate of drug-likeness (QED) is 0.711. The summed E-state index contributed by atoms with van der Waals surface area (Å²) in [6.45, 7) is 6.20. The molecule has 1 saturated heterocycles. The van der Waals surface area contributed by atoms with Crippen LogP contribution in [-0.2, 0) is 6.54 Å². The van der Waals surface area contributed by atoms with Gasteiger partial charge >= 0.3 is 0 Å². The summed E-state index contributed by atoms with van der Waals surface area (Å²) in [5.41, 5.74) is 2.19. The van der Waals surface area contributed by atoms with Gasteiger partial charge in [0.25, 0.3) is 0 Å². The molecule has 0 aromatic heterocycles. The lowest BCUT2D eigenvalue weighted by molar-refractivity contribution is 0.307. The van der Waals surface area contributed by atoms with Crippen molar-refractivity contribution < 1.29 is 0 Å². The Balaban J connectivity index is 1.62. The van der Waals surface area contributed by atoms with Crippen LogP contribution in [0.25, 0.3) is 0 Å². The van der Waals surface area contributed by atoms with Crippen LogP contribution in [0.2, 0.25) is 0 Å². The number of hydrogen-bond acceptors (Lipinski definition) is 1. The van der Waals surface area contributed by atoms with Crippen LogP contribution in [0.15, 0.2) is 30.3 Å². The molecule has 80 valence electrons. The maximum absolute atomic E-state index is 2.62. The Hall–Kier alpha value is -0.820. The molecule has 15 heavy (non-hydrogen) atoms. The first kappa shape index (κ1) is 9.41. The van der Waals surface area contributed by atoms with E-state index in [1.54, 1.807) is 0 Å². The first-order valence-corrected chi connectivity index (χ1v) is 6.05. The second-order valence-corrected chi connectivity index (χ2v) is 5.41. The SMILES string of the molecule is CC1CC12CCN(Cc1ccccc1)C2. The molecule has 0 N–H and O–H groups in total. The summed E-state index contributed by atoms with van der Waals surface area (Å²) in [7, 11) is 0. The zero-order valence-corrected chi connectivity index (χ0v) is 9.45. The van der Waals surface area contributed by atoms with E-state index in [4.69, 9.17) is 0 Å². The minimum Gasteiger partial charge on any atom is -0.299 e. The summed E-state index contributed by atoms with van der Waals surface area (Å²) in [5, 5.41) is 0. The maximum Gasteiger partial charge on any atom is 0.0233 e. The molecule has 1 spiro atoms. The molecule has 2 atom stereocenters. The minimum atomic E-state index is 0.731. The average molecular weight is 201 g/mol. The van der Waals surface area contributed by atoms with Crippen LogP contribution in [-0.4, -0.2) is 18.0 Å². The Morgan fingerprint density at radius 3 is 2.67 bits per heavy atom. The normalized spacial score (nSPS) is 34.9. The predicted octanol–water partition coefficient (Wildman–Crippen LogP) is 2.92. The third-order valence-corrected chi connectivity index (χ3v) is 4.31. The Bertz CT molecular complexity index is 346. The lowest BCUT2D eigenvalue weighted by Crippen LogP contribution is -2.20. The van der Waals surface area contributed by atoms with Crippen LogP contribution < -0.4 is 0 Å². The first-order chi connectivity index (χ1) is 7.28. The second kappa shape index (κ2) is 3.34. The largest absolute Gasteiger partial charge is 0.299 e. The molecule has 1 aromatic carbocycles. The molecular weight excluding hydrogens is 182 g/mol. The van der Waals surface area contributed by atoms with Gasteiger partial charge in [-0.05, 0) is 36.3 Å². The van der Waals surface area contributed by atoms with Crippen molar-refractivity contribution in [1.82, 2.24) is 4.90 Å². The van der Waals surface area contributed by atoms with E-state index < -0.39 is 0 Å². The van der Waals surface area contributed by atoms with Gasteiger partial charge in [-0.25, -0.2) is 0 Å². The van der Waals surface area contributed by atoms with Crippen molar-refractivity contribution in [2.24, 2.45) is 11.3 Å². The molecule has 2 fully saturated rings. The summed E-state index contributed by atoms with van der Waals surface area (Å²) < 4.78 is 0. The number of benzene rings is 1. The molecule has 1 heterocycles. The van der Waals surface area contributed by atoms with Crippen molar-refractivity contribution in [2.75, 3.05) is 13.1 Å². The number of hydrogen-bond donors (Lipinski definition) is 0. The zero-order valence-electron chi connectivity index (χ0n) is 9.45. The van der Waals surface area contributed by atoms with Crippen molar-refractivity contribution >= 4 is 0 Å². The third-order valence-electron chi connectivity index (χ3n) is 4.31. The van der Waals surface area contributed by atoms with Gasteiger partial charge in [-0.1, -0.05) is 37.3 Å². The molecule has 2 aliphatic rings. The maximum atomic E-state index is 2.62. The smallest absolute Gasteiger partial charge is 0.0233 e. The zero-order chi connectivity index (χ0) is 10.3. The van der Waals surface area contributed by atoms with Crippen LogP contribution in [0.4, 0.5) is 0 Å². The molecule has 0 radical (unpaired) electrons. The van der Waals surface area contributed by atoms with E-state index >= 15 is 0 Å². The molecule has 1 nitrogen and oxygen atoms in total. The van der Waals surface area contributed by atoms with E-state index in [9.17, 15) is 0 Å². The van der Waals surface area contributed by atoms with Crippen LogP contribution in [0.1, 0.15) is 25.3 Å². The molecule has 2 unspecified atom stereocenters. The van der Waals surface area contributed by atoms with Crippen LogP contribution >= 0.6 is 0 Å². The lowest BCUT2D eigenvalue weighted by atomic mass is 10.0. The van der Waals surface area contributed by atoms with Crippen molar-refractivity contribution in [2.45, 2.75) is 26.3 Å². The van der Waals surface area contributed by atoms with Gasteiger partial charge in [0, 0.05) is 13.1 Å². The molecule has 0 bridgehead atoms. The molecular formula is C14H19N. The summed E-state index contributed by atoms with van der Waals surface area (Å²) >= 11 is 0. The Morgan fingerprint density at radius 2 is 2.07 bits per heavy atom. The Labute approximate surface area is 92.1 Å². The fourth-order valence-corrected chi connectivity index (χ4v) is 3.08. The average Bonchev–Trinajstić information content (AvgIpc) is 2.69. The number of nitrogens with zero attached hydrogens (tertiary/aromatic N) is 1. The predicted molar refractivity (Wildman–Crippen MR) is 62.6 cm³/mol. The number of likely N-dealkylation sites (tertiary alicyclic amines) is 1. The van der Waals surface area contributed by atoms with Gasteiger partial charge < -0.3 is 0 Å². The summed E-state index contributed by atoms with van der Waals surface area (Å²) in [5.74, 6) is 0.985. The highest BCUT2D eigenvalue weighted by Crippen LogP contribution is 2.58. The number of rotatable bonds is 2. The van der Waals surface area contributed by atoms with Gasteiger partial charge in [0.15, 0.2) is 0 Å². The highest BCUT2D eigenvalue weighted by molar-refractivity contribution is 5.15. The van der Waals surface area contributed by atoms with Crippen LogP contribution in [0.5, 0.6) is 0 Å². The summed E-state index contributed by atoms with van der Waals surface area (Å²) in [4.78, 5) is 2.62. The molecule has 1 aromatic rings. The monoisotopic (exact) mass is 201 g/mol. The lowest BCUT2D eigenvalue weighted by Gasteiger charge is -2.15. The molecule has 0 amide bonds. The second-order valence-electron chi connectivity index (χ2n) is 5.41. The van der Waals surface area contributed by atoms with Gasteiger partial charge in [0.1, 0.15) is 0 Å². The fraction of sp³-hybridized carbons (Fsp3) is 0.571. The van der Waals surface area contributed by atoms with E-state index in [-0.39, 0.29) is 0 Å². The third kappa shape index (κ3) is 1.69. The highest BCUT2D eigenvalue weighted by atomic mass is 15.2. The minimum absolute atomic E-state index is 0.731. The van der Waals surface area contributed by atoms with Gasteiger partial charge in [-0.2, -0.15) is 0 Å². The molecule has 1 aliphatic carbocycles. The van der Waals surface area contributed by atoms with Gasteiger partial charge in [0.05, 0.1) is 0 Å². The van der Waals surface area contributed by atoms with Crippen LogP contribution in [0.3, 0.4) is 0 Å². The molecule has 1 saturated carbocycles. The van der Waals surface area contributed by atoms with Crippen molar-refractivity contribution in [1.29, 1.82) is 0 Å². The summed E-state index contributed by atoms with van der Waals surface area (Å²) in [6.07, 6.45) is 2.90. The van der Waals surface area contributed by atoms with E-state index in [1.807, 2.05) is 0 Å². The molecule has 3 rings (SSSR count). The van der Waals surface area contributed by atoms with Gasteiger partial charge in [-0.15, -0.1) is 0 Å². The standard InChI is InChI=1S/C14H19N/c1-12-9-14(12)7-8-15(11-14)10-13-5-3-2-4-6-13/h2-6,12H,7-11H2,1H3. The Kier molecular flexibility index (Phi) is 2.10. The first-order valence-electron chi connectivity index (χ1n) is 6.05. The molecule has 1 heteroatoms. The fourth-order valence-electron chi connectivity index (χ4n) is 3.08. The van der Waals surface area contributed by atoms with Crippen LogP contribution in [0, 0.1) is 11.3 Å². The van der Waals surface area contributed by atoms with E-state index in [0.717, 1.165) is 17.9 Å². The van der Waals surface area contributed by atoms with E-state index in [2.05, 4.69) is 42.2 Å². The van der Waals surface area contributed by atoms with Crippen molar-refractivity contribution in [3.63, 3.8) is 0 Å². The topological polar surface area (TPSA) is 3.24 Å². The van der Waals surface area contributed by atoms with E-state index in [0.29, 0.717) is 0 Å². The Morgan fingerprint density at radius 1 is 1.33 bits per heavy atom. The summed E-state index contributed by atoms with van der Waals surface area (Å²) in [6, 6.07) is 10.8. The highest BCUT2D eigenvalue weighted by Gasteiger charge is 2.54.